The number of carbonyl (C=O) groups is 5. The van der Waals surface area contributed by atoms with E-state index in [9.17, 15) is 29.1 Å². The van der Waals surface area contributed by atoms with Gasteiger partial charge in [0.15, 0.2) is 23.1 Å². The fourth-order valence-electron chi connectivity index (χ4n) is 6.25. The van der Waals surface area contributed by atoms with E-state index in [2.05, 4.69) is 0 Å². The Labute approximate surface area is 213 Å². The third kappa shape index (κ3) is 3.80. The maximum atomic E-state index is 13.5. The maximum absolute atomic E-state index is 13.5. The number of imide groups is 1. The molecule has 1 aliphatic heterocycles. The summed E-state index contributed by atoms with van der Waals surface area (Å²) >= 11 is 0. The number of rotatable bonds is 6. The van der Waals surface area contributed by atoms with Crippen molar-refractivity contribution in [1.29, 1.82) is 0 Å². The van der Waals surface area contributed by atoms with Crippen molar-refractivity contribution in [3.05, 3.63) is 58.2 Å². The number of Topliss-reactive ketones (excluding diaryl/α,β-unsaturated/α-hetero) is 1. The smallest absolute Gasteiger partial charge is 0.305 e. The van der Waals surface area contributed by atoms with Crippen LogP contribution in [-0.2, 0) is 24.0 Å². The highest BCUT2D eigenvalue weighted by molar-refractivity contribution is 6.24. The van der Waals surface area contributed by atoms with E-state index in [-0.39, 0.29) is 60.0 Å². The molecule has 0 bridgehead atoms. The number of likely N-dealkylation sites (tertiary alicyclic amines) is 1. The third-order valence-electron chi connectivity index (χ3n) is 7.85. The monoisotopic (exact) mass is 505 g/mol. The van der Waals surface area contributed by atoms with E-state index in [1.165, 1.54) is 6.08 Å². The molecule has 37 heavy (non-hydrogen) atoms. The van der Waals surface area contributed by atoms with Crippen molar-refractivity contribution in [2.75, 3.05) is 13.2 Å². The Morgan fingerprint density at radius 3 is 2.59 bits per heavy atom. The molecule has 0 saturated carbocycles. The van der Waals surface area contributed by atoms with Gasteiger partial charge in [-0.3, -0.25) is 28.9 Å². The molecule has 3 aliphatic carbocycles. The van der Waals surface area contributed by atoms with Gasteiger partial charge in [-0.2, -0.15) is 0 Å². The first-order chi connectivity index (χ1) is 17.6. The molecule has 9 nitrogen and oxygen atoms in total. The molecule has 4 aliphatic rings. The summed E-state index contributed by atoms with van der Waals surface area (Å²) in [5.74, 6) is -5.26. The lowest BCUT2D eigenvalue weighted by molar-refractivity contribution is -0.142. The molecule has 1 heterocycles. The largest absolute Gasteiger partial charge is 0.504 e. The average Bonchev–Trinajstić information content (AvgIpc) is 3.11. The summed E-state index contributed by atoms with van der Waals surface area (Å²) in [6.07, 6.45) is 3.15. The van der Waals surface area contributed by atoms with Gasteiger partial charge < -0.3 is 14.9 Å². The molecule has 5 rings (SSSR count). The number of fused-ring (bicyclic) bond motifs is 3. The molecule has 1 fully saturated rings. The van der Waals surface area contributed by atoms with Crippen LogP contribution in [0.2, 0.25) is 0 Å². The second-order valence-electron chi connectivity index (χ2n) is 9.83. The fourth-order valence-corrected chi connectivity index (χ4v) is 6.25. The van der Waals surface area contributed by atoms with Gasteiger partial charge in [0.2, 0.25) is 11.8 Å². The minimum absolute atomic E-state index is 0.116. The molecule has 1 aromatic rings. The minimum Gasteiger partial charge on any atom is -0.504 e. The summed E-state index contributed by atoms with van der Waals surface area (Å²) in [6, 6.07) is 4.99. The molecule has 0 spiro atoms. The molecule has 4 atom stereocenters. The molecule has 2 N–H and O–H groups in total. The summed E-state index contributed by atoms with van der Waals surface area (Å²) in [7, 11) is 0. The molecule has 9 heteroatoms. The highest BCUT2D eigenvalue weighted by atomic mass is 16.5. The lowest BCUT2D eigenvalue weighted by Crippen LogP contribution is -2.40. The van der Waals surface area contributed by atoms with E-state index in [0.717, 1.165) is 4.90 Å². The van der Waals surface area contributed by atoms with Crippen molar-refractivity contribution in [2.45, 2.75) is 39.0 Å². The first-order valence-electron chi connectivity index (χ1n) is 12.4. The van der Waals surface area contributed by atoms with Crippen LogP contribution in [0.5, 0.6) is 11.5 Å². The predicted octanol–water partition coefficient (Wildman–Crippen LogP) is 2.70. The van der Waals surface area contributed by atoms with Crippen molar-refractivity contribution < 1.29 is 38.9 Å². The van der Waals surface area contributed by atoms with Gasteiger partial charge in [0.05, 0.1) is 24.9 Å². The van der Waals surface area contributed by atoms with E-state index in [0.29, 0.717) is 23.3 Å². The van der Waals surface area contributed by atoms with Crippen LogP contribution in [0, 0.1) is 17.8 Å². The first kappa shape index (κ1) is 24.7. The Morgan fingerprint density at radius 1 is 1.14 bits per heavy atom. The number of carbonyl (C=O) groups excluding carboxylic acids is 4. The maximum Gasteiger partial charge on any atom is 0.305 e. The number of hydrogen-bond acceptors (Lipinski definition) is 7. The second-order valence-corrected chi connectivity index (χ2v) is 9.83. The van der Waals surface area contributed by atoms with E-state index >= 15 is 0 Å². The number of para-hydroxylation sites is 1. The number of ether oxygens (including phenoxy) is 1. The summed E-state index contributed by atoms with van der Waals surface area (Å²) < 4.78 is 5.57. The summed E-state index contributed by atoms with van der Waals surface area (Å²) in [4.78, 5) is 65.2. The number of ketones is 2. The topological polar surface area (TPSA) is 138 Å². The number of phenols is 1. The van der Waals surface area contributed by atoms with Crippen LogP contribution >= 0.6 is 0 Å². The van der Waals surface area contributed by atoms with Crippen LogP contribution in [-0.4, -0.2) is 57.6 Å². The van der Waals surface area contributed by atoms with Crippen LogP contribution in [0.3, 0.4) is 0 Å². The molecular formula is C28H27NO8. The van der Waals surface area contributed by atoms with Gasteiger partial charge in [-0.1, -0.05) is 23.8 Å². The van der Waals surface area contributed by atoms with Crippen molar-refractivity contribution in [3.63, 3.8) is 0 Å². The first-order valence-corrected chi connectivity index (χ1v) is 12.4. The third-order valence-corrected chi connectivity index (χ3v) is 7.85. The number of phenolic OH excluding ortho intramolecular Hbond substituents is 1. The number of aliphatic carboxylic acids is 1. The molecule has 0 radical (unpaired) electrons. The van der Waals surface area contributed by atoms with Crippen molar-refractivity contribution in [3.8, 4) is 11.5 Å². The minimum atomic E-state index is -1.11. The Bertz CT molecular complexity index is 1350. The SMILES string of the molecule is CCOc1cccc([C@H]2C3=CC[C@@H]4C(=O)N(CCC(=O)O)C(=O)[C@@H]4[C@@H]3CC3=C2C(=O)C(C)=CC3=O)c1O. The normalized spacial score (nSPS) is 26.9. The van der Waals surface area contributed by atoms with Crippen molar-refractivity contribution >= 4 is 29.4 Å². The number of benzene rings is 1. The second kappa shape index (κ2) is 9.14. The molecular weight excluding hydrogens is 478 g/mol. The Kier molecular flexibility index (Phi) is 6.09. The number of carboxylic acid groups (broad SMARTS) is 1. The van der Waals surface area contributed by atoms with E-state index < -0.39 is 41.5 Å². The standard InChI is InChI=1S/C28H27NO8/c1-3-37-20-6-4-5-15(26(20)34)22-14-7-8-16-23(28(36)29(27(16)35)10-9-21(31)32)17(14)12-18-19(30)11-13(2)25(33)24(18)22/h4-7,11,16-17,22-23,34H,3,8-10,12H2,1-2H3,(H,31,32)/t16-,17+,22+,23-/m0/s1. The zero-order chi connectivity index (χ0) is 26.6. The van der Waals surface area contributed by atoms with Crippen molar-refractivity contribution in [1.82, 2.24) is 4.90 Å². The van der Waals surface area contributed by atoms with Gasteiger partial charge in [-0.15, -0.1) is 0 Å². The summed E-state index contributed by atoms with van der Waals surface area (Å²) in [6.45, 7) is 3.46. The molecule has 0 unspecified atom stereocenters. The van der Waals surface area contributed by atoms with E-state index in [4.69, 9.17) is 9.84 Å². The van der Waals surface area contributed by atoms with Gasteiger partial charge in [-0.25, -0.2) is 0 Å². The molecule has 0 aromatic heterocycles. The van der Waals surface area contributed by atoms with Crippen LogP contribution < -0.4 is 4.74 Å². The average molecular weight is 506 g/mol. The number of amides is 2. The van der Waals surface area contributed by atoms with Crippen molar-refractivity contribution in [2.24, 2.45) is 17.8 Å². The quantitative estimate of drug-likeness (QED) is 0.342. The molecule has 1 saturated heterocycles. The summed E-state index contributed by atoms with van der Waals surface area (Å²) in [5.41, 5.74) is 1.97. The summed E-state index contributed by atoms with van der Waals surface area (Å²) in [5, 5.41) is 20.2. The number of nitrogens with zero attached hydrogens (tertiary/aromatic N) is 1. The molecule has 192 valence electrons. The number of aromatic hydroxyl groups is 1. The molecule has 1 aromatic carbocycles. The lowest BCUT2D eigenvalue weighted by atomic mass is 9.59. The van der Waals surface area contributed by atoms with Gasteiger partial charge in [-0.05, 0) is 44.7 Å². The number of hydrogen-bond donors (Lipinski definition) is 2. The Hall–Kier alpha value is -4.01. The zero-order valence-electron chi connectivity index (χ0n) is 20.5. The Balaban J connectivity index is 1.64. The number of carboxylic acids is 1. The Morgan fingerprint density at radius 2 is 1.89 bits per heavy atom. The predicted molar refractivity (Wildman–Crippen MR) is 130 cm³/mol. The van der Waals surface area contributed by atoms with Gasteiger partial charge in [0.25, 0.3) is 0 Å². The van der Waals surface area contributed by atoms with Crippen LogP contribution in [0.4, 0.5) is 0 Å². The fraction of sp³-hybridized carbons (Fsp3) is 0.393. The van der Waals surface area contributed by atoms with E-state index in [1.54, 1.807) is 32.0 Å². The van der Waals surface area contributed by atoms with E-state index in [1.807, 2.05) is 6.08 Å². The van der Waals surface area contributed by atoms with Gasteiger partial charge in [0.1, 0.15) is 0 Å². The van der Waals surface area contributed by atoms with Gasteiger partial charge in [0, 0.05) is 34.7 Å². The lowest BCUT2D eigenvalue weighted by Gasteiger charge is -2.42. The number of allylic oxidation sites excluding steroid dienone is 6. The van der Waals surface area contributed by atoms with Crippen LogP contribution in [0.1, 0.15) is 44.6 Å². The van der Waals surface area contributed by atoms with Gasteiger partial charge >= 0.3 is 5.97 Å². The zero-order valence-corrected chi connectivity index (χ0v) is 20.5. The highest BCUT2D eigenvalue weighted by Gasteiger charge is 2.56. The van der Waals surface area contributed by atoms with Crippen LogP contribution in [0.25, 0.3) is 0 Å². The van der Waals surface area contributed by atoms with Crippen LogP contribution in [0.15, 0.2) is 52.6 Å². The molecule has 2 amide bonds. The highest BCUT2D eigenvalue weighted by Crippen LogP contribution is 2.56.